The highest BCUT2D eigenvalue weighted by Crippen LogP contribution is 2.26. The van der Waals surface area contributed by atoms with Crippen LogP contribution in [0.1, 0.15) is 44.9 Å². The zero-order valence-electron chi connectivity index (χ0n) is 16.5. The van der Waals surface area contributed by atoms with E-state index in [1.54, 1.807) is 0 Å². The van der Waals surface area contributed by atoms with E-state index in [0.717, 1.165) is 61.2 Å². The van der Waals surface area contributed by atoms with Crippen LogP contribution in [0.4, 0.5) is 0 Å². The van der Waals surface area contributed by atoms with Gasteiger partial charge in [-0.2, -0.15) is 0 Å². The van der Waals surface area contributed by atoms with Crippen LogP contribution in [0.5, 0.6) is 0 Å². The molecule has 0 aliphatic rings. The second kappa shape index (κ2) is 13.8. The van der Waals surface area contributed by atoms with Crippen LogP contribution in [-0.4, -0.2) is 42.1 Å². The van der Waals surface area contributed by atoms with Crippen LogP contribution in [0.25, 0.3) is 11.0 Å². The average Bonchev–Trinajstić information content (AvgIpc) is 2.99. The topological polar surface area (TPSA) is 61.0 Å². The monoisotopic (exact) mass is 417 g/mol. The van der Waals surface area contributed by atoms with Crippen LogP contribution in [0.2, 0.25) is 0 Å². The Morgan fingerprint density at radius 1 is 1.07 bits per heavy atom. The molecular weight excluding hydrogens is 385 g/mol. The van der Waals surface area contributed by atoms with Gasteiger partial charge in [-0.15, -0.1) is 24.8 Å². The minimum Gasteiger partial charge on any atom is -0.461 e. The van der Waals surface area contributed by atoms with Gasteiger partial charge in [-0.1, -0.05) is 39.0 Å². The molecule has 7 heteroatoms. The number of para-hydroxylation sites is 1. The quantitative estimate of drug-likeness (QED) is 0.328. The third-order valence-corrected chi connectivity index (χ3v) is 4.37. The molecule has 1 aromatic carbocycles. The fourth-order valence-corrected chi connectivity index (χ4v) is 3.22. The highest BCUT2D eigenvalue weighted by Gasteiger charge is 2.14. The Morgan fingerprint density at radius 3 is 2.33 bits per heavy atom. The summed E-state index contributed by atoms with van der Waals surface area (Å²) in [5.74, 6) is 1.55. The molecule has 0 aliphatic carbocycles. The van der Waals surface area contributed by atoms with Gasteiger partial charge in [0, 0.05) is 30.3 Å². The van der Waals surface area contributed by atoms with Crippen molar-refractivity contribution >= 4 is 41.6 Å². The van der Waals surface area contributed by atoms with Crippen molar-refractivity contribution in [2.24, 2.45) is 4.99 Å². The number of nitrogens with one attached hydrogen (secondary N) is 1. The molecule has 0 aliphatic heterocycles. The van der Waals surface area contributed by atoms with Crippen molar-refractivity contribution in [3.8, 4) is 0 Å². The lowest BCUT2D eigenvalue weighted by atomic mass is 10.1. The lowest BCUT2D eigenvalue weighted by Crippen LogP contribution is -2.29. The summed E-state index contributed by atoms with van der Waals surface area (Å²) in [5, 5.41) is 10.6. The molecule has 0 radical (unpaired) electrons. The van der Waals surface area contributed by atoms with Crippen LogP contribution in [-0.2, 0) is 12.8 Å². The van der Waals surface area contributed by atoms with E-state index in [-0.39, 0.29) is 24.8 Å². The van der Waals surface area contributed by atoms with Gasteiger partial charge in [-0.05, 0) is 32.0 Å². The number of fused-ring (bicyclic) bond motifs is 1. The maximum Gasteiger partial charge on any atom is 0.134 e. The van der Waals surface area contributed by atoms with Gasteiger partial charge in [0.05, 0.1) is 6.54 Å². The number of aliphatic imine (C=N–C) groups is 1. The highest BCUT2D eigenvalue weighted by molar-refractivity contribution is 5.90. The van der Waals surface area contributed by atoms with Crippen molar-refractivity contribution in [1.82, 2.24) is 10.4 Å². The van der Waals surface area contributed by atoms with E-state index in [0.29, 0.717) is 18.8 Å². The molecule has 0 amide bonds. The summed E-state index contributed by atoms with van der Waals surface area (Å²) in [6, 6.07) is 8.03. The number of halogens is 2. The maximum absolute atomic E-state index is 9.51. The summed E-state index contributed by atoms with van der Waals surface area (Å²) in [6.45, 7) is 10.3. The molecule has 0 spiro atoms. The number of aryl methyl sites for hydroxylation is 1. The Bertz CT molecular complexity index is 683. The molecule has 1 aromatic heterocycles. The fraction of sp³-hybridized carbons (Fsp3) is 0.550. The molecule has 2 rings (SSSR count). The van der Waals surface area contributed by atoms with Gasteiger partial charge in [-0.25, -0.2) is 0 Å². The van der Waals surface area contributed by atoms with Crippen molar-refractivity contribution in [3.63, 3.8) is 0 Å². The molecule has 0 bridgehead atoms. The first-order valence-corrected chi connectivity index (χ1v) is 9.38. The number of hydroxylamine groups is 1. The molecule has 0 fully saturated rings. The number of rotatable bonds is 10. The zero-order valence-corrected chi connectivity index (χ0v) is 18.2. The van der Waals surface area contributed by atoms with E-state index < -0.39 is 0 Å². The number of furan rings is 1. The third kappa shape index (κ3) is 7.34. The first-order chi connectivity index (χ1) is 12.2. The van der Waals surface area contributed by atoms with Gasteiger partial charge in [-0.3, -0.25) is 15.7 Å². The van der Waals surface area contributed by atoms with Gasteiger partial charge in [0.2, 0.25) is 0 Å². The van der Waals surface area contributed by atoms with Crippen molar-refractivity contribution < 1.29 is 9.62 Å². The molecule has 0 atom stereocenters. The molecule has 0 saturated heterocycles. The van der Waals surface area contributed by atoms with Crippen molar-refractivity contribution in [2.75, 3.05) is 26.2 Å². The Labute approximate surface area is 175 Å². The number of hydrogen-bond donors (Lipinski definition) is 2. The zero-order chi connectivity index (χ0) is 18.1. The van der Waals surface area contributed by atoms with Crippen LogP contribution in [0.3, 0.4) is 0 Å². The maximum atomic E-state index is 9.51. The van der Waals surface area contributed by atoms with Gasteiger partial charge < -0.3 is 9.32 Å². The van der Waals surface area contributed by atoms with Crippen LogP contribution in [0, 0.1) is 0 Å². The minimum atomic E-state index is 0. The van der Waals surface area contributed by atoms with E-state index in [9.17, 15) is 5.21 Å². The number of amidine groups is 1. The van der Waals surface area contributed by atoms with Gasteiger partial charge >= 0.3 is 0 Å². The second-order valence-corrected chi connectivity index (χ2v) is 6.31. The summed E-state index contributed by atoms with van der Waals surface area (Å²) in [5.41, 5.74) is 4.28. The van der Waals surface area contributed by atoms with E-state index in [1.165, 1.54) is 0 Å². The molecule has 0 saturated carbocycles. The predicted octanol–water partition coefficient (Wildman–Crippen LogP) is 4.88. The first-order valence-electron chi connectivity index (χ1n) is 9.38. The standard InChI is InChI=1S/C20H31N3O2.2ClH/c1-4-12-23(13-5-2)14-11-21-20(22-24)15-17-16-9-7-8-10-19(16)25-18(17)6-3;;/h7-10,24H,4-6,11-15H2,1-3H3,(H,21,22);2*1H. The second-order valence-electron chi connectivity index (χ2n) is 6.31. The lowest BCUT2D eigenvalue weighted by molar-refractivity contribution is 0.231. The Hall–Kier alpha value is -1.27. The SMILES string of the molecule is CCCN(CCC)CCN=C(Cc1c(CC)oc2ccccc12)NO.Cl.Cl. The Balaban J connectivity index is 0.00000338. The molecule has 2 N–H and O–H groups in total. The summed E-state index contributed by atoms with van der Waals surface area (Å²) < 4.78 is 5.93. The number of hydrogen-bond acceptors (Lipinski definition) is 4. The predicted molar refractivity (Wildman–Crippen MR) is 118 cm³/mol. The Morgan fingerprint density at radius 2 is 1.74 bits per heavy atom. The molecule has 27 heavy (non-hydrogen) atoms. The fourth-order valence-electron chi connectivity index (χ4n) is 3.22. The molecule has 5 nitrogen and oxygen atoms in total. The summed E-state index contributed by atoms with van der Waals surface area (Å²) in [4.78, 5) is 7.00. The lowest BCUT2D eigenvalue weighted by Gasteiger charge is -2.19. The molecule has 1 heterocycles. The van der Waals surface area contributed by atoms with E-state index in [2.05, 4.69) is 42.2 Å². The largest absolute Gasteiger partial charge is 0.461 e. The smallest absolute Gasteiger partial charge is 0.134 e. The number of nitrogens with zero attached hydrogens (tertiary/aromatic N) is 2. The van der Waals surface area contributed by atoms with E-state index in [4.69, 9.17) is 4.42 Å². The number of benzene rings is 1. The minimum absolute atomic E-state index is 0. The molecule has 2 aromatic rings. The molecule has 154 valence electrons. The summed E-state index contributed by atoms with van der Waals surface area (Å²) >= 11 is 0. The van der Waals surface area contributed by atoms with Crippen molar-refractivity contribution in [2.45, 2.75) is 46.5 Å². The molecule has 0 unspecified atom stereocenters. The van der Waals surface area contributed by atoms with Gasteiger partial charge in [0.25, 0.3) is 0 Å². The van der Waals surface area contributed by atoms with E-state index in [1.807, 2.05) is 18.2 Å². The van der Waals surface area contributed by atoms with Crippen molar-refractivity contribution in [1.29, 1.82) is 0 Å². The molecular formula is C20H33Cl2N3O2. The van der Waals surface area contributed by atoms with E-state index >= 15 is 0 Å². The highest BCUT2D eigenvalue weighted by atomic mass is 35.5. The summed E-state index contributed by atoms with van der Waals surface area (Å²) in [6.07, 6.45) is 3.67. The van der Waals surface area contributed by atoms with Gasteiger partial charge in [0.15, 0.2) is 0 Å². The normalized spacial score (nSPS) is 11.4. The van der Waals surface area contributed by atoms with Crippen LogP contribution < -0.4 is 5.48 Å². The third-order valence-electron chi connectivity index (χ3n) is 4.37. The van der Waals surface area contributed by atoms with Crippen molar-refractivity contribution in [3.05, 3.63) is 35.6 Å². The summed E-state index contributed by atoms with van der Waals surface area (Å²) in [7, 11) is 0. The van der Waals surface area contributed by atoms with Crippen LogP contribution >= 0.6 is 24.8 Å². The van der Waals surface area contributed by atoms with Crippen LogP contribution in [0.15, 0.2) is 33.7 Å². The average molecular weight is 418 g/mol. The first kappa shape index (κ1) is 25.7. The van der Waals surface area contributed by atoms with Gasteiger partial charge in [0.1, 0.15) is 17.2 Å². The Kier molecular flexibility index (Phi) is 13.2.